The molecule has 9 rings (SSSR count). The molecule has 0 saturated carbocycles. The number of fused-ring (bicyclic) bond motifs is 6. The van der Waals surface area contributed by atoms with Crippen LogP contribution in [0, 0.1) is 0 Å². The SMILES string of the molecule is CC(C)(C)c1ccc(N(c2cccc(N(c3ccc4oc5ccccc5c4c3)c3ccc4oc5ccccc5c4c3)c2)c2cc(Cl)cc(Br)c2Cl)cc1. The predicted octanol–water partition coefficient (Wildman–Crippen LogP) is 15.8. The Morgan fingerprint density at radius 3 is 1.53 bits per heavy atom. The highest BCUT2D eigenvalue weighted by molar-refractivity contribution is 9.10. The molecule has 2 aromatic heterocycles. The molecule has 9 aromatic rings. The van der Waals surface area contributed by atoms with Crippen molar-refractivity contribution in [1.29, 1.82) is 0 Å². The normalized spacial score (nSPS) is 12.0. The maximum Gasteiger partial charge on any atom is 0.135 e. The second-order valence-corrected chi connectivity index (χ2v) is 15.9. The molecule has 0 N–H and O–H groups in total. The number of hydrogen-bond donors (Lipinski definition) is 0. The van der Waals surface area contributed by atoms with E-state index in [0.29, 0.717) is 10.0 Å². The Kier molecular flexibility index (Phi) is 8.27. The summed E-state index contributed by atoms with van der Waals surface area (Å²) in [6, 6.07) is 50.0. The van der Waals surface area contributed by atoms with Crippen LogP contribution in [0.15, 0.2) is 159 Å². The minimum atomic E-state index is 0.00331. The number of nitrogens with zero attached hydrogens (tertiary/aromatic N) is 2. The minimum absolute atomic E-state index is 0.00331. The first kappa shape index (κ1) is 33.6. The van der Waals surface area contributed by atoms with Crippen molar-refractivity contribution in [3.63, 3.8) is 0 Å². The van der Waals surface area contributed by atoms with E-state index in [2.05, 4.69) is 144 Å². The number of benzene rings is 7. The van der Waals surface area contributed by atoms with E-state index in [1.54, 1.807) is 0 Å². The molecule has 0 radical (unpaired) electrons. The number of furan rings is 2. The lowest BCUT2D eigenvalue weighted by Gasteiger charge is -2.30. The molecule has 260 valence electrons. The third-order valence-corrected chi connectivity index (χ3v) is 11.3. The minimum Gasteiger partial charge on any atom is -0.456 e. The summed E-state index contributed by atoms with van der Waals surface area (Å²) in [5.41, 5.74) is 10.2. The lowest BCUT2D eigenvalue weighted by molar-refractivity contribution is 0.590. The Balaban J connectivity index is 1.26. The van der Waals surface area contributed by atoms with Gasteiger partial charge in [0.25, 0.3) is 0 Å². The van der Waals surface area contributed by atoms with Crippen LogP contribution in [0.4, 0.5) is 34.1 Å². The molecule has 0 aliphatic carbocycles. The summed E-state index contributed by atoms with van der Waals surface area (Å²) in [6.45, 7) is 6.66. The summed E-state index contributed by atoms with van der Waals surface area (Å²) in [5, 5.41) is 5.37. The van der Waals surface area contributed by atoms with Gasteiger partial charge in [-0.3, -0.25) is 0 Å². The lowest BCUT2D eigenvalue weighted by atomic mass is 9.87. The Hall–Kier alpha value is -5.20. The van der Waals surface area contributed by atoms with Crippen molar-refractivity contribution in [3.8, 4) is 0 Å². The second-order valence-electron chi connectivity index (χ2n) is 14.3. The van der Waals surface area contributed by atoms with E-state index in [1.807, 2.05) is 48.5 Å². The monoisotopic (exact) mass is 794 g/mol. The average molecular weight is 797 g/mol. The maximum atomic E-state index is 7.07. The van der Waals surface area contributed by atoms with Crippen LogP contribution in [0.2, 0.25) is 10.0 Å². The van der Waals surface area contributed by atoms with E-state index in [4.69, 9.17) is 32.0 Å². The summed E-state index contributed by atoms with van der Waals surface area (Å²) in [6.07, 6.45) is 0. The highest BCUT2D eigenvalue weighted by atomic mass is 79.9. The summed E-state index contributed by atoms with van der Waals surface area (Å²) >= 11 is 17.4. The van der Waals surface area contributed by atoms with Gasteiger partial charge in [-0.25, -0.2) is 0 Å². The van der Waals surface area contributed by atoms with Gasteiger partial charge in [-0.15, -0.1) is 0 Å². The van der Waals surface area contributed by atoms with Crippen molar-refractivity contribution < 1.29 is 8.83 Å². The second kappa shape index (κ2) is 13.0. The van der Waals surface area contributed by atoms with Gasteiger partial charge in [-0.1, -0.05) is 98.6 Å². The molecule has 0 atom stereocenters. The molecule has 0 aliphatic heterocycles. The predicted molar refractivity (Wildman–Crippen MR) is 227 cm³/mol. The van der Waals surface area contributed by atoms with Crippen LogP contribution >= 0.6 is 39.1 Å². The molecule has 0 unspecified atom stereocenters. The fourth-order valence-corrected chi connectivity index (χ4v) is 8.16. The highest BCUT2D eigenvalue weighted by Crippen LogP contribution is 2.47. The van der Waals surface area contributed by atoms with Crippen LogP contribution in [-0.4, -0.2) is 0 Å². The van der Waals surface area contributed by atoms with E-state index in [-0.39, 0.29) is 5.41 Å². The van der Waals surface area contributed by atoms with Crippen LogP contribution < -0.4 is 9.80 Å². The number of anilines is 6. The molecule has 7 aromatic carbocycles. The number of rotatable bonds is 6. The summed E-state index contributed by atoms with van der Waals surface area (Å²) in [5.74, 6) is 0. The van der Waals surface area contributed by atoms with Crippen molar-refractivity contribution >= 4 is 117 Å². The quantitative estimate of drug-likeness (QED) is 0.157. The van der Waals surface area contributed by atoms with Crippen molar-refractivity contribution in [2.45, 2.75) is 26.2 Å². The van der Waals surface area contributed by atoms with Crippen molar-refractivity contribution in [3.05, 3.63) is 166 Å². The number of hydrogen-bond acceptors (Lipinski definition) is 4. The molecule has 0 fully saturated rings. The number of halogens is 3. The first-order chi connectivity index (χ1) is 25.6. The Morgan fingerprint density at radius 1 is 0.472 bits per heavy atom. The van der Waals surface area contributed by atoms with Crippen molar-refractivity contribution in [2.75, 3.05) is 9.80 Å². The highest BCUT2D eigenvalue weighted by Gasteiger charge is 2.23. The molecule has 0 saturated heterocycles. The summed E-state index contributed by atoms with van der Waals surface area (Å²) < 4.78 is 13.2. The average Bonchev–Trinajstić information content (AvgIpc) is 3.72. The molecule has 0 aliphatic rings. The largest absolute Gasteiger partial charge is 0.456 e. The van der Waals surface area contributed by atoms with Gasteiger partial charge in [0.2, 0.25) is 0 Å². The standard InChI is InChI=1S/C46H33BrCl2N2O2/c1-46(2,3)28-15-17-30(18-16-28)51(40-24-29(48)23-39(47)45(40)49)32-10-8-9-31(25-32)50(33-19-21-43-37(26-33)35-11-4-6-13-41(35)52-43)34-20-22-44-38(27-34)36-12-5-7-14-42(36)53-44/h4-27H,1-3H3. The molecule has 53 heavy (non-hydrogen) atoms. The van der Waals surface area contributed by atoms with Crippen molar-refractivity contribution in [2.24, 2.45) is 0 Å². The van der Waals surface area contributed by atoms with Gasteiger partial charge in [0.15, 0.2) is 0 Å². The van der Waals surface area contributed by atoms with E-state index >= 15 is 0 Å². The molecule has 7 heteroatoms. The Morgan fingerprint density at radius 2 is 0.962 bits per heavy atom. The smallest absolute Gasteiger partial charge is 0.135 e. The summed E-state index contributed by atoms with van der Waals surface area (Å²) in [4.78, 5) is 4.44. The first-order valence-corrected chi connectivity index (χ1v) is 19.0. The van der Waals surface area contributed by atoms with E-state index < -0.39 is 0 Å². The van der Waals surface area contributed by atoms with Crippen molar-refractivity contribution in [1.82, 2.24) is 0 Å². The lowest BCUT2D eigenvalue weighted by Crippen LogP contribution is -2.15. The van der Waals surface area contributed by atoms with E-state index in [1.165, 1.54) is 5.56 Å². The van der Waals surface area contributed by atoms with Crippen LogP contribution in [0.1, 0.15) is 26.3 Å². The topological polar surface area (TPSA) is 32.8 Å². The fraction of sp³-hybridized carbons (Fsp3) is 0.0870. The van der Waals surface area contributed by atoms with Crippen LogP contribution in [0.25, 0.3) is 43.9 Å². The van der Waals surface area contributed by atoms with Gasteiger partial charge in [-0.2, -0.15) is 0 Å². The molecule has 0 spiro atoms. The zero-order valence-electron chi connectivity index (χ0n) is 29.2. The summed E-state index contributed by atoms with van der Waals surface area (Å²) in [7, 11) is 0. The van der Waals surface area contributed by atoms with E-state index in [9.17, 15) is 0 Å². The molecule has 4 nitrogen and oxygen atoms in total. The molecule has 0 amide bonds. The molecule has 0 bridgehead atoms. The first-order valence-electron chi connectivity index (χ1n) is 17.4. The Labute approximate surface area is 325 Å². The van der Waals surface area contributed by atoms with Gasteiger partial charge in [0, 0.05) is 59.5 Å². The van der Waals surface area contributed by atoms with Gasteiger partial charge in [0.05, 0.1) is 10.7 Å². The van der Waals surface area contributed by atoms with Crippen LogP contribution in [-0.2, 0) is 5.41 Å². The maximum absolute atomic E-state index is 7.07. The van der Waals surface area contributed by atoms with Gasteiger partial charge in [-0.05, 0) is 118 Å². The third kappa shape index (κ3) is 6.03. The molecular weight excluding hydrogens is 763 g/mol. The van der Waals surface area contributed by atoms with Crippen LogP contribution in [0.3, 0.4) is 0 Å². The third-order valence-electron chi connectivity index (χ3n) is 9.79. The fourth-order valence-electron chi connectivity index (χ4n) is 7.17. The van der Waals surface area contributed by atoms with E-state index in [0.717, 1.165) is 82.5 Å². The number of para-hydroxylation sites is 2. The van der Waals surface area contributed by atoms with Gasteiger partial charge >= 0.3 is 0 Å². The Bertz CT molecular complexity index is 2720. The van der Waals surface area contributed by atoms with Gasteiger partial charge < -0.3 is 18.6 Å². The zero-order valence-corrected chi connectivity index (χ0v) is 32.3. The molecular formula is C46H33BrCl2N2O2. The van der Waals surface area contributed by atoms with Crippen LogP contribution in [0.5, 0.6) is 0 Å². The zero-order chi connectivity index (χ0) is 36.4. The molecule has 2 heterocycles. The van der Waals surface area contributed by atoms with Gasteiger partial charge in [0.1, 0.15) is 22.3 Å².